The summed E-state index contributed by atoms with van der Waals surface area (Å²) in [7, 11) is 1.60. The zero-order valence-electron chi connectivity index (χ0n) is 41.1. The summed E-state index contributed by atoms with van der Waals surface area (Å²) < 4.78 is 10.6. The number of aliphatic hydroxyl groups is 2. The quantitative estimate of drug-likeness (QED) is 0.0225. The molecule has 0 aromatic rings. The molecule has 0 fully saturated rings. The zero-order valence-corrected chi connectivity index (χ0v) is 41.1. The van der Waals surface area contributed by atoms with Crippen molar-refractivity contribution >= 4 is 53.4 Å². The number of rotatable bonds is 48. The Labute approximate surface area is 411 Å². The summed E-state index contributed by atoms with van der Waals surface area (Å²) in [6.45, 7) is -0.0813. The van der Waals surface area contributed by atoms with E-state index in [1.165, 1.54) is 32.1 Å². The van der Waals surface area contributed by atoms with Gasteiger partial charge in [0.15, 0.2) is 6.29 Å². The first kappa shape index (κ1) is 65.0. The van der Waals surface area contributed by atoms with Gasteiger partial charge in [0, 0.05) is 45.2 Å². The van der Waals surface area contributed by atoms with Gasteiger partial charge in [0.2, 0.25) is 35.4 Å². The van der Waals surface area contributed by atoms with Crippen LogP contribution in [0.15, 0.2) is 0 Å². The summed E-state index contributed by atoms with van der Waals surface area (Å²) in [6.07, 6.45) is 13.7. The molecule has 0 aromatic carbocycles. The SMILES string of the molecule is CNN[C@@H](CCCCNC(=O)CC[C@H](NC(=O)CC[C@H](NC(=O)COCCOCCNC(=O)CC[C@H](NC(=O)CCCCCCCCCCCCCCCCC(=O)O)C(O)O)C(=O)O)C(=O)O)C(N)=O. The first-order valence-electron chi connectivity index (χ1n) is 24.8. The first-order valence-corrected chi connectivity index (χ1v) is 24.8. The van der Waals surface area contributed by atoms with Gasteiger partial charge in [-0.1, -0.05) is 77.0 Å². The lowest BCUT2D eigenvalue weighted by molar-refractivity contribution is -0.144. The van der Waals surface area contributed by atoms with Gasteiger partial charge in [-0.15, -0.1) is 0 Å². The monoisotopic (exact) mass is 1000 g/mol. The Balaban J connectivity index is 4.14. The van der Waals surface area contributed by atoms with E-state index in [1.54, 1.807) is 7.05 Å². The molecule has 0 aliphatic carbocycles. The molecule has 70 heavy (non-hydrogen) atoms. The minimum absolute atomic E-state index is 0.00337. The lowest BCUT2D eigenvalue weighted by atomic mass is 10.0. The second kappa shape index (κ2) is 42.8. The summed E-state index contributed by atoms with van der Waals surface area (Å²) in [5.41, 5.74) is 10.7. The number of hydrogen-bond acceptors (Lipinski definition) is 15. The van der Waals surface area contributed by atoms with Crippen LogP contribution in [0.5, 0.6) is 0 Å². The van der Waals surface area contributed by atoms with Gasteiger partial charge < -0.3 is 67.3 Å². The number of aliphatic hydroxyl groups excluding tert-OH is 1. The molecule has 4 atom stereocenters. The smallest absolute Gasteiger partial charge is 0.326 e. The third-order valence-corrected chi connectivity index (χ3v) is 11.1. The number of carboxylic acids is 3. The number of aliphatic carboxylic acids is 3. The van der Waals surface area contributed by atoms with Gasteiger partial charge in [-0.3, -0.25) is 39.0 Å². The summed E-state index contributed by atoms with van der Waals surface area (Å²) in [5, 5.41) is 59.5. The fraction of sp³-hybridized carbons (Fsp3) is 0.804. The van der Waals surface area contributed by atoms with E-state index >= 15 is 0 Å². The summed E-state index contributed by atoms with van der Waals surface area (Å²) >= 11 is 0. The fourth-order valence-corrected chi connectivity index (χ4v) is 7.10. The molecule has 0 spiro atoms. The number of amides is 6. The lowest BCUT2D eigenvalue weighted by Gasteiger charge is -2.20. The van der Waals surface area contributed by atoms with E-state index in [0.717, 1.165) is 51.4 Å². The van der Waals surface area contributed by atoms with Crippen LogP contribution in [0.4, 0.5) is 0 Å². The second-order valence-corrected chi connectivity index (χ2v) is 17.2. The number of hydrogen-bond donors (Lipinski definition) is 13. The van der Waals surface area contributed by atoms with E-state index in [-0.39, 0.29) is 83.8 Å². The van der Waals surface area contributed by atoms with Crippen LogP contribution in [0.25, 0.3) is 0 Å². The molecule has 0 aliphatic heterocycles. The highest BCUT2D eigenvalue weighted by molar-refractivity contribution is 5.87. The molecule has 404 valence electrons. The molecule has 0 unspecified atom stereocenters. The van der Waals surface area contributed by atoms with E-state index in [1.807, 2.05) is 0 Å². The molecule has 0 radical (unpaired) electrons. The topological polar surface area (TPSA) is 383 Å². The Hall–Kier alpha value is -5.01. The van der Waals surface area contributed by atoms with Crippen molar-refractivity contribution in [1.29, 1.82) is 0 Å². The Kier molecular flexibility index (Phi) is 39.8. The van der Waals surface area contributed by atoms with Gasteiger partial charge in [-0.2, -0.15) is 0 Å². The third kappa shape index (κ3) is 38.8. The third-order valence-electron chi connectivity index (χ3n) is 11.1. The maximum Gasteiger partial charge on any atom is 0.326 e. The molecule has 24 nitrogen and oxygen atoms in total. The maximum atomic E-state index is 12.5. The standard InChI is InChI=1S/C46H84N8O16/c1-48-54-33(43(47)62)18-16-17-27-49-37(55)24-21-35(45(65)66)52-40(58)26-23-36(46(67)68)53-41(59)32-70-31-30-69-29-28-50-38(56)25-22-34(44(63)64)51-39(57)19-14-12-10-8-6-4-2-3-5-7-9-11-13-15-20-42(60)61/h33-36,44,48,54,63-64H,2-32H2,1H3,(H2,47,62)(H,49,55)(H,50,56)(H,51,57)(H,52,58)(H,53,59)(H,60,61)(H,65,66)(H,67,68)/t33-,34-,35-,36-/m0/s1. The van der Waals surface area contributed by atoms with E-state index < -0.39 is 90.9 Å². The summed E-state index contributed by atoms with van der Waals surface area (Å²) in [4.78, 5) is 107. The molecule has 0 saturated heterocycles. The number of nitrogens with two attached hydrogens (primary N) is 1. The van der Waals surface area contributed by atoms with Crippen LogP contribution in [0.1, 0.15) is 161 Å². The molecule has 14 N–H and O–H groups in total. The van der Waals surface area contributed by atoms with Crippen molar-refractivity contribution in [3.05, 3.63) is 0 Å². The molecule has 0 aliphatic rings. The number of nitrogens with one attached hydrogen (secondary N) is 7. The second-order valence-electron chi connectivity index (χ2n) is 17.2. The van der Waals surface area contributed by atoms with Crippen molar-refractivity contribution < 1.29 is 78.2 Å². The van der Waals surface area contributed by atoms with E-state index in [4.69, 9.17) is 20.3 Å². The summed E-state index contributed by atoms with van der Waals surface area (Å²) in [6, 6.07) is -4.50. The number of carboxylic acid groups (broad SMARTS) is 3. The molecule has 0 aromatic heterocycles. The highest BCUT2D eigenvalue weighted by atomic mass is 16.5. The largest absolute Gasteiger partial charge is 0.481 e. The van der Waals surface area contributed by atoms with Crippen molar-refractivity contribution in [3.63, 3.8) is 0 Å². The van der Waals surface area contributed by atoms with Crippen LogP contribution in [0.2, 0.25) is 0 Å². The molecular formula is C46H84N8O16. The lowest BCUT2D eigenvalue weighted by Crippen LogP contribution is -2.46. The Morgan fingerprint density at radius 3 is 1.41 bits per heavy atom. The first-order chi connectivity index (χ1) is 33.5. The zero-order chi connectivity index (χ0) is 52.4. The van der Waals surface area contributed by atoms with Crippen molar-refractivity contribution in [1.82, 2.24) is 37.4 Å². The van der Waals surface area contributed by atoms with Crippen LogP contribution in [-0.4, -0.2) is 156 Å². The number of carbonyl (C=O) groups is 9. The van der Waals surface area contributed by atoms with E-state index in [2.05, 4.69) is 37.4 Å². The average molecular weight is 1010 g/mol. The molecule has 6 amide bonds. The molecule has 0 bridgehead atoms. The van der Waals surface area contributed by atoms with Crippen LogP contribution in [0, 0.1) is 0 Å². The number of ether oxygens (including phenoxy) is 2. The predicted octanol–water partition coefficient (Wildman–Crippen LogP) is 0.601. The van der Waals surface area contributed by atoms with Crippen LogP contribution >= 0.6 is 0 Å². The highest BCUT2D eigenvalue weighted by Crippen LogP contribution is 2.14. The van der Waals surface area contributed by atoms with Gasteiger partial charge in [0.25, 0.3) is 0 Å². The Bertz CT molecular complexity index is 1520. The fourth-order valence-electron chi connectivity index (χ4n) is 7.10. The van der Waals surface area contributed by atoms with E-state index in [9.17, 15) is 63.6 Å². The van der Waals surface area contributed by atoms with Crippen molar-refractivity contribution in [2.45, 2.75) is 191 Å². The van der Waals surface area contributed by atoms with Crippen molar-refractivity contribution in [3.8, 4) is 0 Å². The molecule has 0 rings (SSSR count). The van der Waals surface area contributed by atoms with Crippen LogP contribution in [-0.2, 0) is 52.6 Å². The molecule has 0 saturated carbocycles. The number of unbranched alkanes of at least 4 members (excludes halogenated alkanes) is 14. The Morgan fingerprint density at radius 1 is 0.457 bits per heavy atom. The molecular weight excluding hydrogens is 921 g/mol. The summed E-state index contributed by atoms with van der Waals surface area (Å²) in [5.74, 6) is -6.83. The van der Waals surface area contributed by atoms with Crippen molar-refractivity contribution in [2.24, 2.45) is 5.73 Å². The van der Waals surface area contributed by atoms with Crippen LogP contribution in [0.3, 0.4) is 0 Å². The number of carbonyl (C=O) groups excluding carboxylic acids is 6. The van der Waals surface area contributed by atoms with Crippen LogP contribution < -0.4 is 43.2 Å². The number of primary amides is 1. The van der Waals surface area contributed by atoms with Gasteiger partial charge in [0.1, 0.15) is 18.7 Å². The Morgan fingerprint density at radius 2 is 0.914 bits per heavy atom. The minimum Gasteiger partial charge on any atom is -0.481 e. The van der Waals surface area contributed by atoms with Gasteiger partial charge in [-0.05, 0) is 58.4 Å². The maximum absolute atomic E-state index is 12.5. The predicted molar refractivity (Wildman–Crippen MR) is 255 cm³/mol. The average Bonchev–Trinajstić information content (AvgIpc) is 3.30. The molecule has 0 heterocycles. The van der Waals surface area contributed by atoms with Gasteiger partial charge >= 0.3 is 17.9 Å². The van der Waals surface area contributed by atoms with Gasteiger partial charge in [-0.25, -0.2) is 15.0 Å². The highest BCUT2D eigenvalue weighted by Gasteiger charge is 2.25. The van der Waals surface area contributed by atoms with E-state index in [0.29, 0.717) is 25.7 Å². The van der Waals surface area contributed by atoms with Crippen molar-refractivity contribution in [2.75, 3.05) is 46.6 Å². The molecule has 24 heteroatoms. The normalized spacial score (nSPS) is 12.9. The minimum atomic E-state index is -1.84. The van der Waals surface area contributed by atoms with Gasteiger partial charge in [0.05, 0.1) is 31.9 Å². The number of hydrazine groups is 1.